The number of nitrogens with zero attached hydrogens (tertiary/aromatic N) is 3. The Hall–Kier alpha value is -3.33. The average Bonchev–Trinajstić information content (AvgIpc) is 3.19. The normalized spacial score (nSPS) is 19.9. The van der Waals surface area contributed by atoms with Crippen molar-refractivity contribution in [1.29, 1.82) is 0 Å². The molecule has 3 N–H and O–H groups in total. The Morgan fingerprint density at radius 3 is 2.68 bits per heavy atom. The third kappa shape index (κ3) is 5.77. The van der Waals surface area contributed by atoms with Crippen LogP contribution in [0.3, 0.4) is 0 Å². The Bertz CT molecular complexity index is 1050. The molecule has 0 saturated carbocycles. The second-order valence-electron chi connectivity index (χ2n) is 7.82. The molecule has 1 unspecified atom stereocenters. The molecule has 2 atom stereocenters. The number of thioether (sulfide) groups is 1. The van der Waals surface area contributed by atoms with E-state index in [9.17, 15) is 19.2 Å². The lowest BCUT2D eigenvalue weighted by Crippen LogP contribution is -2.70. The number of amides is 2. The molecular formula is C19H23N5O8S2. The van der Waals surface area contributed by atoms with Gasteiger partial charge in [-0.15, -0.1) is 23.1 Å². The summed E-state index contributed by atoms with van der Waals surface area (Å²) in [4.78, 5) is 59.4. The molecule has 0 aromatic carbocycles. The zero-order valence-corrected chi connectivity index (χ0v) is 20.4. The molecule has 1 saturated heterocycles. The van der Waals surface area contributed by atoms with Crippen LogP contribution in [0.1, 0.15) is 26.5 Å². The highest BCUT2D eigenvalue weighted by Gasteiger charge is 2.53. The van der Waals surface area contributed by atoms with Crippen LogP contribution in [0.4, 0.5) is 9.93 Å². The van der Waals surface area contributed by atoms with Crippen LogP contribution in [0.25, 0.3) is 0 Å². The van der Waals surface area contributed by atoms with E-state index >= 15 is 0 Å². The Kier molecular flexibility index (Phi) is 7.66. The lowest BCUT2D eigenvalue weighted by Gasteiger charge is -2.48. The maximum Gasteiger partial charge on any atom is 0.511 e. The maximum absolute atomic E-state index is 12.7. The molecular weight excluding hydrogens is 490 g/mol. The fourth-order valence-corrected chi connectivity index (χ4v) is 4.66. The first-order valence-corrected chi connectivity index (χ1v) is 11.8. The summed E-state index contributed by atoms with van der Waals surface area (Å²) in [5.41, 5.74) is 4.90. The Morgan fingerprint density at radius 1 is 1.32 bits per heavy atom. The number of β-lactam (4-membered cyclic amide) rings is 1. The number of carbonyl (C=O) groups excluding carboxylic acids is 4. The molecule has 0 aliphatic carbocycles. The van der Waals surface area contributed by atoms with Gasteiger partial charge in [0.05, 0.1) is 0 Å². The molecule has 34 heavy (non-hydrogen) atoms. The number of nitrogens with one attached hydrogen (secondary N) is 1. The van der Waals surface area contributed by atoms with Gasteiger partial charge in [-0.05, 0) is 26.8 Å². The monoisotopic (exact) mass is 513 g/mol. The van der Waals surface area contributed by atoms with E-state index in [0.717, 1.165) is 11.3 Å². The van der Waals surface area contributed by atoms with Gasteiger partial charge < -0.3 is 30.1 Å². The number of nitrogen functional groups attached to an aromatic ring is 1. The zero-order chi connectivity index (χ0) is 25.0. The van der Waals surface area contributed by atoms with Crippen molar-refractivity contribution < 1.29 is 38.2 Å². The van der Waals surface area contributed by atoms with E-state index in [1.807, 2.05) is 0 Å². The molecule has 2 aliphatic heterocycles. The number of fused-ring (bicyclic) bond motifs is 1. The van der Waals surface area contributed by atoms with Gasteiger partial charge in [0, 0.05) is 11.1 Å². The number of aromatic nitrogens is 1. The van der Waals surface area contributed by atoms with Crippen molar-refractivity contribution in [2.24, 2.45) is 5.16 Å². The van der Waals surface area contributed by atoms with Crippen LogP contribution in [0.5, 0.6) is 0 Å². The fourth-order valence-electron chi connectivity index (χ4n) is 2.92. The SMILES string of the molecule is CO/N=C(\C(=O)NC1C(=O)N2C(C(=O)OCOC(=O)OC(C)(C)C)=CCS[C@H]12)c1csc(N)n1. The molecule has 3 rings (SSSR count). The smallest absolute Gasteiger partial charge is 0.428 e. The Labute approximate surface area is 202 Å². The minimum Gasteiger partial charge on any atom is -0.428 e. The lowest BCUT2D eigenvalue weighted by molar-refractivity contribution is -0.158. The highest BCUT2D eigenvalue weighted by atomic mass is 32.2. The van der Waals surface area contributed by atoms with Crippen LogP contribution < -0.4 is 11.1 Å². The molecule has 2 aliphatic rings. The molecule has 15 heteroatoms. The quantitative estimate of drug-likeness (QED) is 0.174. The Morgan fingerprint density at radius 2 is 2.06 bits per heavy atom. The number of hydrogen-bond donors (Lipinski definition) is 2. The van der Waals surface area contributed by atoms with E-state index in [1.54, 1.807) is 20.8 Å². The first-order valence-electron chi connectivity index (χ1n) is 9.83. The summed E-state index contributed by atoms with van der Waals surface area (Å²) in [5, 5.41) is 7.51. The topological polar surface area (TPSA) is 172 Å². The van der Waals surface area contributed by atoms with Crippen LogP contribution in [-0.4, -0.2) is 76.2 Å². The van der Waals surface area contributed by atoms with Gasteiger partial charge >= 0.3 is 12.1 Å². The number of thiazole rings is 1. The van der Waals surface area contributed by atoms with E-state index in [1.165, 1.54) is 35.2 Å². The highest BCUT2D eigenvalue weighted by Crippen LogP contribution is 2.37. The maximum atomic E-state index is 12.7. The van der Waals surface area contributed by atoms with Crippen LogP contribution in [0.2, 0.25) is 0 Å². The molecule has 1 aromatic rings. The highest BCUT2D eigenvalue weighted by molar-refractivity contribution is 8.00. The van der Waals surface area contributed by atoms with Gasteiger partial charge in [-0.3, -0.25) is 14.5 Å². The first-order chi connectivity index (χ1) is 16.0. The van der Waals surface area contributed by atoms with Crippen molar-refractivity contribution in [3.63, 3.8) is 0 Å². The second kappa shape index (κ2) is 10.3. The summed E-state index contributed by atoms with van der Waals surface area (Å²) in [7, 11) is 1.27. The van der Waals surface area contributed by atoms with E-state index in [4.69, 9.17) is 24.8 Å². The number of nitrogens with two attached hydrogens (primary N) is 1. The van der Waals surface area contributed by atoms with Gasteiger partial charge in [0.25, 0.3) is 11.8 Å². The molecule has 0 radical (unpaired) electrons. The van der Waals surface area contributed by atoms with Crippen LogP contribution in [0.15, 0.2) is 22.3 Å². The summed E-state index contributed by atoms with van der Waals surface area (Å²) in [6.45, 7) is 4.29. The fraction of sp³-hybridized carbons (Fsp3) is 0.474. The predicted octanol–water partition coefficient (Wildman–Crippen LogP) is 0.812. The summed E-state index contributed by atoms with van der Waals surface area (Å²) in [6.07, 6.45) is 0.521. The minimum absolute atomic E-state index is 0.00917. The number of hydrogen-bond acceptors (Lipinski definition) is 13. The number of rotatable bonds is 7. The summed E-state index contributed by atoms with van der Waals surface area (Å²) < 4.78 is 14.6. The van der Waals surface area contributed by atoms with Crippen molar-refractivity contribution in [3.8, 4) is 0 Å². The number of anilines is 1. The Balaban J connectivity index is 1.58. The van der Waals surface area contributed by atoms with E-state index in [-0.39, 0.29) is 22.2 Å². The van der Waals surface area contributed by atoms with Gasteiger partial charge in [-0.2, -0.15) is 0 Å². The molecule has 13 nitrogen and oxygen atoms in total. The van der Waals surface area contributed by atoms with Crippen LogP contribution in [-0.2, 0) is 33.4 Å². The molecule has 1 fully saturated rings. The standard InChI is InChI=1S/C19H23N5O8S2/c1-19(2,3)32-18(28)31-8-30-16(27)10-5-6-33-15-12(14(26)24(10)15)22-13(25)11(23-29-4)9-7-34-17(20)21-9/h5,7,12,15H,6,8H2,1-4H3,(H2,20,21)(H,22,25)/b23-11-/t12?,15-/m1/s1. The van der Waals surface area contributed by atoms with Crippen molar-refractivity contribution >= 4 is 57.9 Å². The van der Waals surface area contributed by atoms with Gasteiger partial charge in [-0.25, -0.2) is 14.6 Å². The molecule has 2 amide bonds. The second-order valence-corrected chi connectivity index (χ2v) is 9.86. The molecule has 184 valence electrons. The third-order valence-corrected chi connectivity index (χ3v) is 6.12. The van der Waals surface area contributed by atoms with Gasteiger partial charge in [0.1, 0.15) is 35.5 Å². The van der Waals surface area contributed by atoms with Gasteiger partial charge in [0.2, 0.25) is 6.79 Å². The summed E-state index contributed by atoms with van der Waals surface area (Å²) >= 11 is 2.46. The number of oxime groups is 1. The van der Waals surface area contributed by atoms with E-state index < -0.39 is 47.7 Å². The minimum atomic E-state index is -0.996. The van der Waals surface area contributed by atoms with Crippen molar-refractivity contribution in [1.82, 2.24) is 15.2 Å². The van der Waals surface area contributed by atoms with Gasteiger partial charge in [-0.1, -0.05) is 5.16 Å². The molecule has 0 spiro atoms. The van der Waals surface area contributed by atoms with Crippen molar-refractivity contribution in [2.45, 2.75) is 37.8 Å². The van der Waals surface area contributed by atoms with Crippen molar-refractivity contribution in [2.75, 3.05) is 25.4 Å². The largest absolute Gasteiger partial charge is 0.511 e. The predicted molar refractivity (Wildman–Crippen MR) is 121 cm³/mol. The van der Waals surface area contributed by atoms with Crippen molar-refractivity contribution in [3.05, 3.63) is 22.8 Å². The number of ether oxygens (including phenoxy) is 3. The third-order valence-electron chi connectivity index (χ3n) is 4.26. The van der Waals surface area contributed by atoms with E-state index in [2.05, 4.69) is 15.5 Å². The van der Waals surface area contributed by atoms with Gasteiger partial charge in [0.15, 0.2) is 10.8 Å². The lowest BCUT2D eigenvalue weighted by atomic mass is 10.0. The number of esters is 1. The van der Waals surface area contributed by atoms with E-state index in [0.29, 0.717) is 5.75 Å². The molecule has 0 bridgehead atoms. The molecule has 3 heterocycles. The average molecular weight is 514 g/mol. The first kappa shape index (κ1) is 25.3. The van der Waals surface area contributed by atoms with Crippen LogP contribution >= 0.6 is 23.1 Å². The summed E-state index contributed by atoms with van der Waals surface area (Å²) in [5.74, 6) is -1.67. The summed E-state index contributed by atoms with van der Waals surface area (Å²) in [6, 6.07) is -0.912. The van der Waals surface area contributed by atoms with Crippen LogP contribution in [0, 0.1) is 0 Å². The number of carbonyl (C=O) groups is 4. The zero-order valence-electron chi connectivity index (χ0n) is 18.7. The molecule has 1 aromatic heterocycles.